The summed E-state index contributed by atoms with van der Waals surface area (Å²) in [6.45, 7) is 11.0. The van der Waals surface area contributed by atoms with Gasteiger partial charge in [-0.2, -0.15) is 0 Å². The number of hydrogen-bond acceptors (Lipinski definition) is 2. The van der Waals surface area contributed by atoms with Gasteiger partial charge in [0.2, 0.25) is 0 Å². The van der Waals surface area contributed by atoms with E-state index in [1.807, 2.05) is 7.05 Å². The number of aryl methyl sites for hydroxylation is 1. The number of ether oxygens (including phenoxy) is 1. The number of nitrogens with one attached hydrogen (secondary N) is 1. The highest BCUT2D eigenvalue weighted by Crippen LogP contribution is 2.35. The fourth-order valence-electron chi connectivity index (χ4n) is 2.08. The van der Waals surface area contributed by atoms with Crippen LogP contribution in [0.1, 0.15) is 50.4 Å². The van der Waals surface area contributed by atoms with Crippen molar-refractivity contribution in [2.75, 3.05) is 14.2 Å². The second-order valence-corrected chi connectivity index (χ2v) is 5.67. The van der Waals surface area contributed by atoms with E-state index in [2.05, 4.69) is 52.1 Å². The third kappa shape index (κ3) is 3.01. The topological polar surface area (TPSA) is 21.3 Å². The molecule has 0 amide bonds. The van der Waals surface area contributed by atoms with Crippen molar-refractivity contribution in [2.24, 2.45) is 0 Å². The number of hydrogen-bond donors (Lipinski definition) is 1. The van der Waals surface area contributed by atoms with Gasteiger partial charge in [0.05, 0.1) is 7.11 Å². The molecular weight excluding hydrogens is 210 g/mol. The molecule has 0 saturated heterocycles. The molecule has 0 aromatic heterocycles. The quantitative estimate of drug-likeness (QED) is 0.864. The van der Waals surface area contributed by atoms with Crippen LogP contribution in [0.15, 0.2) is 12.1 Å². The molecule has 0 aliphatic heterocycles. The van der Waals surface area contributed by atoms with E-state index in [0.29, 0.717) is 6.04 Å². The molecule has 0 saturated carbocycles. The molecule has 1 N–H and O–H groups in total. The van der Waals surface area contributed by atoms with Crippen molar-refractivity contribution < 1.29 is 4.74 Å². The van der Waals surface area contributed by atoms with Crippen LogP contribution < -0.4 is 10.1 Å². The van der Waals surface area contributed by atoms with E-state index in [-0.39, 0.29) is 5.41 Å². The van der Waals surface area contributed by atoms with Gasteiger partial charge in [0.25, 0.3) is 0 Å². The van der Waals surface area contributed by atoms with Gasteiger partial charge in [0, 0.05) is 6.04 Å². The summed E-state index contributed by atoms with van der Waals surface area (Å²) in [4.78, 5) is 0. The molecule has 96 valence electrons. The first-order valence-electron chi connectivity index (χ1n) is 6.17. The van der Waals surface area contributed by atoms with Crippen LogP contribution in [0.4, 0.5) is 0 Å². The minimum absolute atomic E-state index is 0.0985. The van der Waals surface area contributed by atoms with Gasteiger partial charge in [0.1, 0.15) is 5.75 Å². The van der Waals surface area contributed by atoms with Crippen molar-refractivity contribution in [2.45, 2.75) is 46.1 Å². The first-order chi connectivity index (χ1) is 7.81. The van der Waals surface area contributed by atoms with Gasteiger partial charge < -0.3 is 10.1 Å². The first kappa shape index (κ1) is 14.0. The van der Waals surface area contributed by atoms with E-state index in [0.717, 1.165) is 5.75 Å². The van der Waals surface area contributed by atoms with Gasteiger partial charge in [-0.1, -0.05) is 20.8 Å². The molecule has 0 aliphatic carbocycles. The zero-order valence-electron chi connectivity index (χ0n) is 12.1. The highest BCUT2D eigenvalue weighted by molar-refractivity contribution is 5.46. The van der Waals surface area contributed by atoms with E-state index in [4.69, 9.17) is 4.74 Å². The second-order valence-electron chi connectivity index (χ2n) is 5.67. The number of benzene rings is 1. The summed E-state index contributed by atoms with van der Waals surface area (Å²) in [5, 5.41) is 3.30. The van der Waals surface area contributed by atoms with Crippen LogP contribution in [-0.4, -0.2) is 14.2 Å². The van der Waals surface area contributed by atoms with Gasteiger partial charge in [-0.3, -0.25) is 0 Å². The zero-order valence-corrected chi connectivity index (χ0v) is 12.1. The van der Waals surface area contributed by atoms with Crippen molar-refractivity contribution in [3.63, 3.8) is 0 Å². The molecule has 17 heavy (non-hydrogen) atoms. The average molecular weight is 235 g/mol. The normalized spacial score (nSPS) is 13.6. The van der Waals surface area contributed by atoms with Crippen LogP contribution in [0.5, 0.6) is 5.75 Å². The second kappa shape index (κ2) is 5.09. The first-order valence-corrected chi connectivity index (χ1v) is 6.17. The van der Waals surface area contributed by atoms with E-state index < -0.39 is 0 Å². The lowest BCUT2D eigenvalue weighted by Gasteiger charge is -2.25. The maximum atomic E-state index is 5.50. The lowest BCUT2D eigenvalue weighted by atomic mass is 9.83. The van der Waals surface area contributed by atoms with Gasteiger partial charge in [-0.15, -0.1) is 0 Å². The van der Waals surface area contributed by atoms with E-state index in [1.165, 1.54) is 16.7 Å². The Morgan fingerprint density at radius 2 is 1.82 bits per heavy atom. The highest BCUT2D eigenvalue weighted by Gasteiger charge is 2.21. The fraction of sp³-hybridized carbons (Fsp3) is 0.600. The smallest absolute Gasteiger partial charge is 0.122 e. The predicted molar refractivity (Wildman–Crippen MR) is 73.9 cm³/mol. The van der Waals surface area contributed by atoms with Crippen LogP contribution >= 0.6 is 0 Å². The molecule has 1 atom stereocenters. The lowest BCUT2D eigenvalue weighted by Crippen LogP contribution is -2.18. The van der Waals surface area contributed by atoms with Crippen LogP contribution in [-0.2, 0) is 5.41 Å². The Balaban J connectivity index is 3.38. The zero-order chi connectivity index (χ0) is 13.2. The van der Waals surface area contributed by atoms with Gasteiger partial charge in [-0.05, 0) is 55.1 Å². The fourth-order valence-corrected chi connectivity index (χ4v) is 2.08. The van der Waals surface area contributed by atoms with Crippen molar-refractivity contribution in [3.05, 3.63) is 28.8 Å². The molecule has 0 heterocycles. The van der Waals surface area contributed by atoms with E-state index >= 15 is 0 Å². The molecule has 2 heteroatoms. The van der Waals surface area contributed by atoms with Crippen molar-refractivity contribution in [3.8, 4) is 5.75 Å². The Labute approximate surface area is 105 Å². The summed E-state index contributed by atoms with van der Waals surface area (Å²) in [6.07, 6.45) is 0. The number of methoxy groups -OCH3 is 1. The Morgan fingerprint density at radius 1 is 1.24 bits per heavy atom. The SMILES string of the molecule is CNC(C)c1cc(C(C)(C)C)c(OC)cc1C. The Hall–Kier alpha value is -1.02. The lowest BCUT2D eigenvalue weighted by molar-refractivity contribution is 0.396. The molecule has 2 nitrogen and oxygen atoms in total. The van der Waals surface area contributed by atoms with Crippen molar-refractivity contribution in [1.82, 2.24) is 5.32 Å². The van der Waals surface area contributed by atoms with Crippen LogP contribution in [0.3, 0.4) is 0 Å². The average Bonchev–Trinajstić information content (AvgIpc) is 2.25. The summed E-state index contributed by atoms with van der Waals surface area (Å²) in [5.74, 6) is 0.988. The molecule has 0 aliphatic rings. The van der Waals surface area contributed by atoms with Crippen molar-refractivity contribution in [1.29, 1.82) is 0 Å². The molecule has 0 radical (unpaired) electrons. The third-order valence-electron chi connectivity index (χ3n) is 3.30. The molecule has 0 spiro atoms. The minimum Gasteiger partial charge on any atom is -0.496 e. The van der Waals surface area contributed by atoms with Crippen LogP contribution in [0.2, 0.25) is 0 Å². The summed E-state index contributed by atoms with van der Waals surface area (Å²) in [7, 11) is 3.73. The maximum Gasteiger partial charge on any atom is 0.122 e. The highest BCUT2D eigenvalue weighted by atomic mass is 16.5. The maximum absolute atomic E-state index is 5.50. The standard InChI is InChI=1S/C15H25NO/c1-10-8-14(17-7)13(15(3,4)5)9-12(10)11(2)16-6/h8-9,11,16H,1-7H3. The van der Waals surface area contributed by atoms with E-state index in [1.54, 1.807) is 7.11 Å². The van der Waals surface area contributed by atoms with Gasteiger partial charge in [-0.25, -0.2) is 0 Å². The molecule has 0 fully saturated rings. The summed E-state index contributed by atoms with van der Waals surface area (Å²) < 4.78 is 5.50. The molecule has 1 aromatic rings. The monoisotopic (exact) mass is 235 g/mol. The van der Waals surface area contributed by atoms with E-state index in [9.17, 15) is 0 Å². The van der Waals surface area contributed by atoms with Crippen molar-refractivity contribution >= 4 is 0 Å². The third-order valence-corrected chi connectivity index (χ3v) is 3.30. The Kier molecular flexibility index (Phi) is 4.21. The molecular formula is C15H25NO. The minimum atomic E-state index is 0.0985. The molecule has 0 bridgehead atoms. The van der Waals surface area contributed by atoms with Crippen LogP contribution in [0, 0.1) is 6.92 Å². The summed E-state index contributed by atoms with van der Waals surface area (Å²) in [5.41, 5.74) is 3.99. The van der Waals surface area contributed by atoms with Gasteiger partial charge >= 0.3 is 0 Å². The number of rotatable bonds is 3. The molecule has 1 aromatic carbocycles. The molecule has 1 rings (SSSR count). The van der Waals surface area contributed by atoms with Crippen LogP contribution in [0.25, 0.3) is 0 Å². The molecule has 1 unspecified atom stereocenters. The Bertz CT molecular complexity index is 391. The Morgan fingerprint density at radius 3 is 2.24 bits per heavy atom. The predicted octanol–water partition coefficient (Wildman–Crippen LogP) is 3.58. The summed E-state index contributed by atoms with van der Waals surface area (Å²) in [6, 6.07) is 4.78. The van der Waals surface area contributed by atoms with Gasteiger partial charge in [0.15, 0.2) is 0 Å². The largest absolute Gasteiger partial charge is 0.496 e. The summed E-state index contributed by atoms with van der Waals surface area (Å²) >= 11 is 0.